The average Bonchev–Trinajstić information content (AvgIpc) is 2.42. The van der Waals surface area contributed by atoms with Gasteiger partial charge in [-0.3, -0.25) is 0 Å². The molecule has 0 atom stereocenters. The first-order valence-electron chi connectivity index (χ1n) is 6.10. The number of hydrogen-bond acceptors (Lipinski definition) is 3. The van der Waals surface area contributed by atoms with Crippen molar-refractivity contribution in [2.24, 2.45) is 0 Å². The summed E-state index contributed by atoms with van der Waals surface area (Å²) < 4.78 is 37.9. The number of rotatable bonds is 3. The number of hydrogen-bond donors (Lipinski definition) is 2. The van der Waals surface area contributed by atoms with Gasteiger partial charge in [0.05, 0.1) is 18.1 Å². The smallest absolute Gasteiger partial charge is 0.398 e. The Labute approximate surface area is 119 Å². The molecule has 0 heterocycles. The molecule has 0 bridgehead atoms. The molecule has 21 heavy (non-hydrogen) atoms. The molecule has 0 saturated heterocycles. The third-order valence-corrected chi connectivity index (χ3v) is 2.89. The maximum Gasteiger partial charge on any atom is 0.416 e. The Morgan fingerprint density at radius 1 is 1.10 bits per heavy atom. The van der Waals surface area contributed by atoms with Gasteiger partial charge < -0.3 is 11.1 Å². The molecule has 3 N–H and O–H groups in total. The Balaban J connectivity index is 2.27. The van der Waals surface area contributed by atoms with Gasteiger partial charge in [-0.05, 0) is 42.0 Å². The molecule has 0 aliphatic heterocycles. The van der Waals surface area contributed by atoms with Crippen molar-refractivity contribution in [2.45, 2.75) is 12.6 Å². The number of nitriles is 1. The Morgan fingerprint density at radius 3 is 2.48 bits per heavy atom. The van der Waals surface area contributed by atoms with E-state index in [1.54, 1.807) is 18.2 Å². The van der Waals surface area contributed by atoms with Gasteiger partial charge in [-0.25, -0.2) is 0 Å². The van der Waals surface area contributed by atoms with E-state index in [1.807, 2.05) is 6.07 Å². The minimum Gasteiger partial charge on any atom is -0.398 e. The Morgan fingerprint density at radius 2 is 1.81 bits per heavy atom. The van der Waals surface area contributed by atoms with E-state index in [4.69, 9.17) is 11.0 Å². The zero-order valence-corrected chi connectivity index (χ0v) is 10.9. The molecule has 2 aromatic carbocycles. The monoisotopic (exact) mass is 291 g/mol. The lowest BCUT2D eigenvalue weighted by Gasteiger charge is -2.12. The van der Waals surface area contributed by atoms with Gasteiger partial charge in [0.15, 0.2) is 0 Å². The molecular weight excluding hydrogens is 279 g/mol. The molecule has 0 saturated carbocycles. The van der Waals surface area contributed by atoms with Crippen LogP contribution >= 0.6 is 0 Å². The Kier molecular flexibility index (Phi) is 4.03. The van der Waals surface area contributed by atoms with Gasteiger partial charge in [0, 0.05) is 17.1 Å². The van der Waals surface area contributed by atoms with E-state index in [-0.39, 0.29) is 6.42 Å². The molecule has 0 unspecified atom stereocenters. The van der Waals surface area contributed by atoms with Crippen molar-refractivity contribution in [3.05, 3.63) is 53.6 Å². The second kappa shape index (κ2) is 5.75. The van der Waals surface area contributed by atoms with Crippen LogP contribution in [0.2, 0.25) is 0 Å². The number of halogens is 3. The van der Waals surface area contributed by atoms with E-state index >= 15 is 0 Å². The minimum atomic E-state index is -4.38. The molecule has 0 aliphatic carbocycles. The second-order valence-corrected chi connectivity index (χ2v) is 4.45. The zero-order chi connectivity index (χ0) is 15.5. The highest BCUT2D eigenvalue weighted by atomic mass is 19.4. The highest BCUT2D eigenvalue weighted by Gasteiger charge is 2.30. The zero-order valence-electron chi connectivity index (χ0n) is 10.9. The molecule has 0 aliphatic rings. The van der Waals surface area contributed by atoms with E-state index in [0.29, 0.717) is 22.6 Å². The van der Waals surface area contributed by atoms with E-state index in [2.05, 4.69) is 5.32 Å². The van der Waals surface area contributed by atoms with Crippen molar-refractivity contribution < 1.29 is 13.2 Å². The second-order valence-electron chi connectivity index (χ2n) is 4.45. The number of nitrogens with zero attached hydrogens (tertiary/aromatic N) is 1. The van der Waals surface area contributed by atoms with E-state index in [0.717, 1.165) is 12.1 Å². The summed E-state index contributed by atoms with van der Waals surface area (Å²) in [6.07, 6.45) is -4.24. The summed E-state index contributed by atoms with van der Waals surface area (Å²) in [4.78, 5) is 0. The number of nitrogens with two attached hydrogens (primary N) is 1. The highest BCUT2D eigenvalue weighted by Crippen LogP contribution is 2.31. The van der Waals surface area contributed by atoms with Crippen LogP contribution in [0.3, 0.4) is 0 Å². The van der Waals surface area contributed by atoms with Crippen LogP contribution < -0.4 is 11.1 Å². The predicted octanol–water partition coefficient (Wildman–Crippen LogP) is 4.10. The van der Waals surface area contributed by atoms with Crippen LogP contribution in [-0.4, -0.2) is 0 Å². The molecule has 0 fully saturated rings. The fraction of sp³-hybridized carbons (Fsp3) is 0.133. The number of nitrogens with one attached hydrogen (secondary N) is 1. The van der Waals surface area contributed by atoms with Gasteiger partial charge in [0.2, 0.25) is 0 Å². The fourth-order valence-corrected chi connectivity index (χ4v) is 1.86. The topological polar surface area (TPSA) is 61.8 Å². The molecule has 0 spiro atoms. The summed E-state index contributed by atoms with van der Waals surface area (Å²) in [6, 6.07) is 11.8. The maximum absolute atomic E-state index is 12.6. The lowest BCUT2D eigenvalue weighted by Crippen LogP contribution is -2.05. The standard InChI is InChI=1S/C15H12F3N3/c16-15(17,18)11-2-1-3-12(9-11)21-13-4-5-14(20)10(8-13)6-7-19/h1-5,8-9,21H,6,20H2. The largest absolute Gasteiger partial charge is 0.416 e. The van der Waals surface area contributed by atoms with Crippen LogP contribution in [0.1, 0.15) is 11.1 Å². The van der Waals surface area contributed by atoms with Crippen molar-refractivity contribution in [3.63, 3.8) is 0 Å². The van der Waals surface area contributed by atoms with Crippen LogP contribution in [0.4, 0.5) is 30.2 Å². The number of benzene rings is 2. The fourth-order valence-electron chi connectivity index (χ4n) is 1.86. The first-order valence-corrected chi connectivity index (χ1v) is 6.10. The highest BCUT2D eigenvalue weighted by molar-refractivity contribution is 5.65. The molecule has 0 amide bonds. The van der Waals surface area contributed by atoms with Crippen LogP contribution in [0.25, 0.3) is 0 Å². The third-order valence-electron chi connectivity index (χ3n) is 2.89. The lowest BCUT2D eigenvalue weighted by atomic mass is 10.1. The lowest BCUT2D eigenvalue weighted by molar-refractivity contribution is -0.137. The van der Waals surface area contributed by atoms with Gasteiger partial charge in [-0.15, -0.1) is 0 Å². The summed E-state index contributed by atoms with van der Waals surface area (Å²) >= 11 is 0. The van der Waals surface area contributed by atoms with E-state index < -0.39 is 11.7 Å². The van der Waals surface area contributed by atoms with Gasteiger partial charge in [-0.2, -0.15) is 18.4 Å². The van der Waals surface area contributed by atoms with Crippen molar-refractivity contribution >= 4 is 17.1 Å². The van der Waals surface area contributed by atoms with Gasteiger partial charge in [0.1, 0.15) is 0 Å². The van der Waals surface area contributed by atoms with Crippen molar-refractivity contribution in [2.75, 3.05) is 11.1 Å². The Bertz CT molecular complexity index is 687. The summed E-state index contributed by atoms with van der Waals surface area (Å²) in [5.74, 6) is 0. The summed E-state index contributed by atoms with van der Waals surface area (Å²) in [5.41, 5.74) is 7.01. The molecular formula is C15H12F3N3. The summed E-state index contributed by atoms with van der Waals surface area (Å²) in [6.45, 7) is 0. The normalized spacial score (nSPS) is 11.0. The van der Waals surface area contributed by atoms with Gasteiger partial charge in [-0.1, -0.05) is 6.07 Å². The predicted molar refractivity (Wildman–Crippen MR) is 74.9 cm³/mol. The molecule has 6 heteroatoms. The molecule has 2 aromatic rings. The molecule has 0 aromatic heterocycles. The van der Waals surface area contributed by atoms with Crippen LogP contribution in [0, 0.1) is 11.3 Å². The molecule has 108 valence electrons. The van der Waals surface area contributed by atoms with Crippen molar-refractivity contribution in [1.82, 2.24) is 0 Å². The summed E-state index contributed by atoms with van der Waals surface area (Å²) in [7, 11) is 0. The summed E-state index contributed by atoms with van der Waals surface area (Å²) in [5, 5.41) is 11.6. The van der Waals surface area contributed by atoms with E-state index in [9.17, 15) is 13.2 Å². The minimum absolute atomic E-state index is 0.143. The molecule has 0 radical (unpaired) electrons. The van der Waals surface area contributed by atoms with Gasteiger partial charge >= 0.3 is 6.18 Å². The number of alkyl halides is 3. The Hall–Kier alpha value is -2.68. The number of anilines is 3. The van der Waals surface area contributed by atoms with E-state index in [1.165, 1.54) is 12.1 Å². The first-order chi connectivity index (χ1) is 9.90. The van der Waals surface area contributed by atoms with Crippen LogP contribution in [0.15, 0.2) is 42.5 Å². The maximum atomic E-state index is 12.6. The third kappa shape index (κ3) is 3.66. The van der Waals surface area contributed by atoms with Crippen LogP contribution in [-0.2, 0) is 12.6 Å². The quantitative estimate of drug-likeness (QED) is 0.837. The van der Waals surface area contributed by atoms with Crippen molar-refractivity contribution in [3.8, 4) is 6.07 Å². The number of nitrogen functional groups attached to an aromatic ring is 1. The molecule has 3 nitrogen and oxygen atoms in total. The SMILES string of the molecule is N#CCc1cc(Nc2cccc(C(F)(F)F)c2)ccc1N. The average molecular weight is 291 g/mol. The van der Waals surface area contributed by atoms with Crippen molar-refractivity contribution in [1.29, 1.82) is 5.26 Å². The molecule has 2 rings (SSSR count). The van der Waals surface area contributed by atoms with Gasteiger partial charge in [0.25, 0.3) is 0 Å². The first kappa shape index (κ1) is 14.7. The van der Waals surface area contributed by atoms with Crippen LogP contribution in [0.5, 0.6) is 0 Å².